The average Bonchev–Trinajstić information content (AvgIpc) is 2.83. The van der Waals surface area contributed by atoms with E-state index in [0.717, 1.165) is 24.3 Å². The minimum Gasteiger partial charge on any atom is -0.497 e. The molecule has 2 rings (SSSR count). The highest BCUT2D eigenvalue weighted by atomic mass is 16.5. The van der Waals surface area contributed by atoms with Crippen LogP contribution in [0.3, 0.4) is 0 Å². The van der Waals surface area contributed by atoms with E-state index in [0.29, 0.717) is 13.0 Å². The first-order valence-electron chi connectivity index (χ1n) is 5.68. The van der Waals surface area contributed by atoms with Gasteiger partial charge in [0.2, 0.25) is 0 Å². The van der Waals surface area contributed by atoms with E-state index in [-0.39, 0.29) is 12.0 Å². The molecule has 1 aliphatic heterocycles. The molecule has 0 aromatic heterocycles. The molecule has 1 saturated heterocycles. The molecular formula is C13H18O3. The van der Waals surface area contributed by atoms with Gasteiger partial charge in [-0.15, -0.1) is 0 Å². The Kier molecular flexibility index (Phi) is 3.80. The Bertz CT molecular complexity index is 332. The minimum atomic E-state index is -0.311. The van der Waals surface area contributed by atoms with Crippen LogP contribution in [0.5, 0.6) is 5.75 Å². The lowest BCUT2D eigenvalue weighted by Crippen LogP contribution is -2.22. The summed E-state index contributed by atoms with van der Waals surface area (Å²) >= 11 is 0. The fraction of sp³-hybridized carbons (Fsp3) is 0.538. The number of ether oxygens (including phenoxy) is 2. The lowest BCUT2D eigenvalue weighted by Gasteiger charge is -2.16. The van der Waals surface area contributed by atoms with Crippen LogP contribution in [0.2, 0.25) is 0 Å². The Morgan fingerprint density at radius 1 is 1.56 bits per heavy atom. The molecule has 88 valence electrons. The molecule has 3 nitrogen and oxygen atoms in total. The molecule has 1 aromatic carbocycles. The Morgan fingerprint density at radius 2 is 2.44 bits per heavy atom. The van der Waals surface area contributed by atoms with Crippen LogP contribution < -0.4 is 4.74 Å². The number of methoxy groups -OCH3 is 1. The summed E-state index contributed by atoms with van der Waals surface area (Å²) < 4.78 is 10.4. The molecule has 1 heterocycles. The van der Waals surface area contributed by atoms with Gasteiger partial charge in [0.25, 0.3) is 0 Å². The standard InChI is InChI=1S/C13H18O3/c1-15-12-4-2-3-10(7-12)8-13(14)11-5-6-16-9-11/h2-4,7,11,13-14H,5-6,8-9H2,1H3. The molecule has 2 atom stereocenters. The van der Waals surface area contributed by atoms with Gasteiger partial charge in [0.15, 0.2) is 0 Å². The summed E-state index contributed by atoms with van der Waals surface area (Å²) in [5.41, 5.74) is 1.11. The molecule has 0 spiro atoms. The number of rotatable bonds is 4. The number of aliphatic hydroxyl groups excluding tert-OH is 1. The predicted molar refractivity (Wildman–Crippen MR) is 61.6 cm³/mol. The molecule has 1 aromatic rings. The number of hydrogen-bond acceptors (Lipinski definition) is 3. The molecule has 0 saturated carbocycles. The van der Waals surface area contributed by atoms with Crippen molar-refractivity contribution in [3.8, 4) is 5.75 Å². The lowest BCUT2D eigenvalue weighted by atomic mass is 9.95. The zero-order valence-electron chi connectivity index (χ0n) is 9.56. The number of aliphatic hydroxyl groups is 1. The summed E-state index contributed by atoms with van der Waals surface area (Å²) in [6, 6.07) is 7.85. The fourth-order valence-electron chi connectivity index (χ4n) is 2.06. The third-order valence-electron chi connectivity index (χ3n) is 3.09. The molecule has 1 fully saturated rings. The molecule has 3 heteroatoms. The molecular weight excluding hydrogens is 204 g/mol. The van der Waals surface area contributed by atoms with Gasteiger partial charge in [-0.1, -0.05) is 12.1 Å². The summed E-state index contributed by atoms with van der Waals surface area (Å²) in [7, 11) is 1.65. The van der Waals surface area contributed by atoms with Crippen molar-refractivity contribution in [2.75, 3.05) is 20.3 Å². The van der Waals surface area contributed by atoms with E-state index in [2.05, 4.69) is 0 Å². The van der Waals surface area contributed by atoms with Crippen molar-refractivity contribution in [1.82, 2.24) is 0 Å². The van der Waals surface area contributed by atoms with Gasteiger partial charge < -0.3 is 14.6 Å². The van der Waals surface area contributed by atoms with E-state index in [1.54, 1.807) is 7.11 Å². The summed E-state index contributed by atoms with van der Waals surface area (Å²) in [6.07, 6.45) is 1.32. The first kappa shape index (κ1) is 11.4. The van der Waals surface area contributed by atoms with E-state index in [9.17, 15) is 5.11 Å². The zero-order chi connectivity index (χ0) is 11.4. The van der Waals surface area contributed by atoms with Crippen molar-refractivity contribution in [2.45, 2.75) is 18.9 Å². The smallest absolute Gasteiger partial charge is 0.119 e. The fourth-order valence-corrected chi connectivity index (χ4v) is 2.06. The van der Waals surface area contributed by atoms with Crippen LogP contribution in [0.15, 0.2) is 24.3 Å². The molecule has 0 bridgehead atoms. The van der Waals surface area contributed by atoms with Crippen LogP contribution in [0, 0.1) is 5.92 Å². The maximum Gasteiger partial charge on any atom is 0.119 e. The van der Waals surface area contributed by atoms with Gasteiger partial charge in [-0.2, -0.15) is 0 Å². The Balaban J connectivity index is 1.96. The minimum absolute atomic E-state index is 0.284. The second-order valence-electron chi connectivity index (χ2n) is 4.25. The maximum atomic E-state index is 10.0. The topological polar surface area (TPSA) is 38.7 Å². The van der Waals surface area contributed by atoms with E-state index in [1.165, 1.54) is 0 Å². The lowest BCUT2D eigenvalue weighted by molar-refractivity contribution is 0.0918. The van der Waals surface area contributed by atoms with Crippen LogP contribution in [0.1, 0.15) is 12.0 Å². The van der Waals surface area contributed by atoms with Crippen molar-refractivity contribution in [1.29, 1.82) is 0 Å². The average molecular weight is 222 g/mol. The second-order valence-corrected chi connectivity index (χ2v) is 4.25. The van der Waals surface area contributed by atoms with Crippen LogP contribution in [-0.2, 0) is 11.2 Å². The quantitative estimate of drug-likeness (QED) is 0.841. The summed E-state index contributed by atoms with van der Waals surface area (Å²) in [5.74, 6) is 1.12. The van der Waals surface area contributed by atoms with Crippen molar-refractivity contribution in [3.63, 3.8) is 0 Å². The van der Waals surface area contributed by atoms with Crippen LogP contribution >= 0.6 is 0 Å². The molecule has 0 aliphatic carbocycles. The monoisotopic (exact) mass is 222 g/mol. The molecule has 2 unspecified atom stereocenters. The number of hydrogen-bond donors (Lipinski definition) is 1. The van der Waals surface area contributed by atoms with Gasteiger partial charge in [0.1, 0.15) is 5.75 Å². The highest BCUT2D eigenvalue weighted by Crippen LogP contribution is 2.21. The van der Waals surface area contributed by atoms with E-state index >= 15 is 0 Å². The van der Waals surface area contributed by atoms with Crippen molar-refractivity contribution in [3.05, 3.63) is 29.8 Å². The first-order chi connectivity index (χ1) is 7.79. The summed E-state index contributed by atoms with van der Waals surface area (Å²) in [6.45, 7) is 1.46. The van der Waals surface area contributed by atoms with Gasteiger partial charge in [-0.3, -0.25) is 0 Å². The maximum absolute atomic E-state index is 10.0. The Morgan fingerprint density at radius 3 is 3.12 bits per heavy atom. The largest absolute Gasteiger partial charge is 0.497 e. The number of benzene rings is 1. The van der Waals surface area contributed by atoms with Crippen molar-refractivity contribution < 1.29 is 14.6 Å². The Labute approximate surface area is 96.0 Å². The van der Waals surface area contributed by atoms with Gasteiger partial charge in [0, 0.05) is 12.5 Å². The van der Waals surface area contributed by atoms with Gasteiger partial charge in [-0.05, 0) is 30.5 Å². The molecule has 0 radical (unpaired) electrons. The summed E-state index contributed by atoms with van der Waals surface area (Å²) in [4.78, 5) is 0. The van der Waals surface area contributed by atoms with Crippen LogP contribution in [-0.4, -0.2) is 31.5 Å². The Hall–Kier alpha value is -1.06. The molecule has 16 heavy (non-hydrogen) atoms. The zero-order valence-corrected chi connectivity index (χ0v) is 9.56. The SMILES string of the molecule is COc1cccc(CC(O)C2CCOC2)c1. The first-order valence-corrected chi connectivity index (χ1v) is 5.68. The van der Waals surface area contributed by atoms with Gasteiger partial charge in [0.05, 0.1) is 19.8 Å². The predicted octanol–water partition coefficient (Wildman–Crippen LogP) is 1.64. The van der Waals surface area contributed by atoms with E-state index < -0.39 is 0 Å². The van der Waals surface area contributed by atoms with E-state index in [1.807, 2.05) is 24.3 Å². The molecule has 1 N–H and O–H groups in total. The highest BCUT2D eigenvalue weighted by molar-refractivity contribution is 5.28. The van der Waals surface area contributed by atoms with Gasteiger partial charge >= 0.3 is 0 Å². The van der Waals surface area contributed by atoms with Crippen LogP contribution in [0.25, 0.3) is 0 Å². The normalized spacial score (nSPS) is 22.0. The van der Waals surface area contributed by atoms with Gasteiger partial charge in [-0.25, -0.2) is 0 Å². The van der Waals surface area contributed by atoms with Crippen molar-refractivity contribution in [2.24, 2.45) is 5.92 Å². The van der Waals surface area contributed by atoms with Crippen LogP contribution in [0.4, 0.5) is 0 Å². The second kappa shape index (κ2) is 5.32. The highest BCUT2D eigenvalue weighted by Gasteiger charge is 2.23. The molecule has 1 aliphatic rings. The third-order valence-corrected chi connectivity index (χ3v) is 3.09. The van der Waals surface area contributed by atoms with E-state index in [4.69, 9.17) is 9.47 Å². The molecule has 0 amide bonds. The summed E-state index contributed by atoms with van der Waals surface area (Å²) in [5, 5.41) is 10.0. The third kappa shape index (κ3) is 2.74. The van der Waals surface area contributed by atoms with Crippen molar-refractivity contribution >= 4 is 0 Å².